The van der Waals surface area contributed by atoms with Crippen LogP contribution in [0.5, 0.6) is 5.75 Å². The minimum atomic E-state index is -4.76. The Morgan fingerprint density at radius 2 is 1.96 bits per heavy atom. The third-order valence-electron chi connectivity index (χ3n) is 3.14. The highest BCUT2D eigenvalue weighted by molar-refractivity contribution is 5.90. The summed E-state index contributed by atoms with van der Waals surface area (Å²) in [6.45, 7) is 7.09. The summed E-state index contributed by atoms with van der Waals surface area (Å²) >= 11 is 0. The van der Waals surface area contributed by atoms with E-state index in [9.17, 15) is 18.0 Å². The van der Waals surface area contributed by atoms with Crippen molar-refractivity contribution >= 4 is 18.2 Å². The van der Waals surface area contributed by atoms with E-state index >= 15 is 0 Å². The molecule has 0 aliphatic carbocycles. The van der Waals surface area contributed by atoms with Crippen molar-refractivity contribution in [3.05, 3.63) is 65.7 Å². The normalized spacial score (nSPS) is 11.7. The SMILES string of the molecule is C=CN=C(CNc1ccn(-c2ccc(OC(F)(F)F)cc2)c(=O)c1)N=C. The molecule has 1 N–H and O–H groups in total. The van der Waals surface area contributed by atoms with Crippen LogP contribution < -0.4 is 15.6 Å². The Kier molecular flexibility index (Phi) is 5.94. The highest BCUT2D eigenvalue weighted by Crippen LogP contribution is 2.23. The van der Waals surface area contributed by atoms with Crippen LogP contribution >= 0.6 is 0 Å². The molecule has 0 unspecified atom stereocenters. The molecule has 2 aromatic rings. The molecule has 1 aromatic carbocycles. The Labute approximate surface area is 147 Å². The highest BCUT2D eigenvalue weighted by atomic mass is 19.4. The monoisotopic (exact) mass is 364 g/mol. The van der Waals surface area contributed by atoms with Gasteiger partial charge >= 0.3 is 6.36 Å². The number of aliphatic imine (C=N–C) groups is 2. The van der Waals surface area contributed by atoms with Crippen LogP contribution in [0.15, 0.2) is 70.2 Å². The van der Waals surface area contributed by atoms with E-state index in [0.717, 1.165) is 12.1 Å². The number of pyridine rings is 1. The second-order valence-corrected chi connectivity index (χ2v) is 4.90. The number of rotatable bonds is 6. The lowest BCUT2D eigenvalue weighted by atomic mass is 10.3. The molecular formula is C17H15F3N4O2. The minimum absolute atomic E-state index is 0.252. The predicted molar refractivity (Wildman–Crippen MR) is 94.4 cm³/mol. The highest BCUT2D eigenvalue weighted by Gasteiger charge is 2.30. The van der Waals surface area contributed by atoms with Gasteiger partial charge in [0.1, 0.15) is 11.6 Å². The predicted octanol–water partition coefficient (Wildman–Crippen LogP) is 3.39. The van der Waals surface area contributed by atoms with Gasteiger partial charge in [0.25, 0.3) is 5.56 Å². The maximum Gasteiger partial charge on any atom is 0.573 e. The number of halogens is 3. The summed E-state index contributed by atoms with van der Waals surface area (Å²) in [6, 6.07) is 7.95. The molecule has 1 heterocycles. The Morgan fingerprint density at radius 3 is 2.50 bits per heavy atom. The number of alkyl halides is 3. The molecule has 1 aromatic heterocycles. The first-order valence-corrected chi connectivity index (χ1v) is 7.29. The van der Waals surface area contributed by atoms with Gasteiger partial charge in [-0.05, 0) is 37.0 Å². The fraction of sp³-hybridized carbons (Fsp3) is 0.118. The Hall–Kier alpha value is -3.36. The lowest BCUT2D eigenvalue weighted by Gasteiger charge is -2.11. The zero-order valence-electron chi connectivity index (χ0n) is 13.5. The molecule has 0 saturated heterocycles. The van der Waals surface area contributed by atoms with Crippen molar-refractivity contribution in [1.82, 2.24) is 4.57 Å². The second-order valence-electron chi connectivity index (χ2n) is 4.90. The Morgan fingerprint density at radius 1 is 1.27 bits per heavy atom. The van der Waals surface area contributed by atoms with Crippen LogP contribution in [-0.2, 0) is 0 Å². The minimum Gasteiger partial charge on any atom is -0.406 e. The van der Waals surface area contributed by atoms with Crippen LogP contribution in [0.25, 0.3) is 5.69 Å². The third kappa shape index (κ3) is 5.33. The molecule has 0 fully saturated rings. The number of anilines is 1. The number of benzene rings is 1. The van der Waals surface area contributed by atoms with Crippen molar-refractivity contribution in [3.63, 3.8) is 0 Å². The molecule has 0 radical (unpaired) electrons. The second kappa shape index (κ2) is 8.15. The average molecular weight is 364 g/mol. The third-order valence-corrected chi connectivity index (χ3v) is 3.14. The van der Waals surface area contributed by atoms with E-state index < -0.39 is 6.36 Å². The van der Waals surface area contributed by atoms with Gasteiger partial charge in [0, 0.05) is 29.8 Å². The van der Waals surface area contributed by atoms with Crippen LogP contribution in [0.1, 0.15) is 0 Å². The van der Waals surface area contributed by atoms with Crippen molar-refractivity contribution in [1.29, 1.82) is 0 Å². The number of hydrogen-bond acceptors (Lipinski definition) is 4. The van der Waals surface area contributed by atoms with E-state index in [0.29, 0.717) is 17.2 Å². The summed E-state index contributed by atoms with van der Waals surface area (Å²) in [4.78, 5) is 19.8. The summed E-state index contributed by atoms with van der Waals surface area (Å²) in [5.74, 6) is 0.0444. The van der Waals surface area contributed by atoms with E-state index in [-0.39, 0.29) is 17.9 Å². The van der Waals surface area contributed by atoms with E-state index in [1.54, 1.807) is 6.07 Å². The van der Waals surface area contributed by atoms with Gasteiger partial charge in [0.2, 0.25) is 0 Å². The van der Waals surface area contributed by atoms with E-state index in [1.807, 2.05) is 0 Å². The summed E-state index contributed by atoms with van der Waals surface area (Å²) in [7, 11) is 0. The van der Waals surface area contributed by atoms with Crippen molar-refractivity contribution < 1.29 is 17.9 Å². The van der Waals surface area contributed by atoms with Gasteiger partial charge in [-0.2, -0.15) is 0 Å². The molecule has 0 aliphatic rings. The topological polar surface area (TPSA) is 68.0 Å². The van der Waals surface area contributed by atoms with Gasteiger partial charge in [-0.25, -0.2) is 9.98 Å². The fourth-order valence-corrected chi connectivity index (χ4v) is 2.04. The summed E-state index contributed by atoms with van der Waals surface area (Å²) < 4.78 is 41.6. The molecule has 0 saturated carbocycles. The molecule has 0 atom stereocenters. The van der Waals surface area contributed by atoms with Gasteiger partial charge in [-0.3, -0.25) is 9.36 Å². The van der Waals surface area contributed by atoms with Gasteiger partial charge in [0.05, 0.1) is 6.54 Å². The molecule has 0 aliphatic heterocycles. The first-order valence-electron chi connectivity index (χ1n) is 7.29. The van der Waals surface area contributed by atoms with Crippen LogP contribution in [-0.4, -0.2) is 30.0 Å². The number of nitrogens with one attached hydrogen (secondary N) is 1. The first-order chi connectivity index (χ1) is 12.3. The molecule has 6 nitrogen and oxygen atoms in total. The number of aromatic nitrogens is 1. The van der Waals surface area contributed by atoms with Gasteiger partial charge < -0.3 is 10.1 Å². The van der Waals surface area contributed by atoms with Crippen molar-refractivity contribution in [2.75, 3.05) is 11.9 Å². The maximum atomic E-state index is 12.2. The summed E-state index contributed by atoms with van der Waals surface area (Å²) in [5, 5.41) is 2.96. The first kappa shape index (κ1) is 19.0. The average Bonchev–Trinajstić information content (AvgIpc) is 2.58. The van der Waals surface area contributed by atoms with E-state index in [4.69, 9.17) is 0 Å². The molecule has 0 spiro atoms. The molecular weight excluding hydrogens is 349 g/mol. The van der Waals surface area contributed by atoms with Gasteiger partial charge in [-0.15, -0.1) is 13.2 Å². The molecule has 26 heavy (non-hydrogen) atoms. The van der Waals surface area contributed by atoms with Crippen molar-refractivity contribution in [2.24, 2.45) is 9.98 Å². The number of ether oxygens (including phenoxy) is 1. The quantitative estimate of drug-likeness (QED) is 0.631. The molecule has 2 rings (SSSR count). The van der Waals surface area contributed by atoms with E-state index in [1.165, 1.54) is 35.2 Å². The molecule has 136 valence electrons. The number of amidine groups is 1. The smallest absolute Gasteiger partial charge is 0.406 e. The number of nitrogens with zero attached hydrogens (tertiary/aromatic N) is 3. The Bertz CT molecular complexity index is 871. The Balaban J connectivity index is 2.14. The fourth-order valence-electron chi connectivity index (χ4n) is 2.04. The maximum absolute atomic E-state index is 12.2. The van der Waals surface area contributed by atoms with E-state index in [2.05, 4.69) is 33.3 Å². The lowest BCUT2D eigenvalue weighted by molar-refractivity contribution is -0.274. The van der Waals surface area contributed by atoms with Gasteiger partial charge in [0.15, 0.2) is 0 Å². The molecule has 0 amide bonds. The molecule has 0 bridgehead atoms. The van der Waals surface area contributed by atoms with Crippen LogP contribution in [0, 0.1) is 0 Å². The summed E-state index contributed by atoms with van der Waals surface area (Å²) in [6.07, 6.45) is -1.94. The van der Waals surface area contributed by atoms with Gasteiger partial charge in [-0.1, -0.05) is 6.58 Å². The van der Waals surface area contributed by atoms with Crippen molar-refractivity contribution in [3.8, 4) is 11.4 Å². The zero-order chi connectivity index (χ0) is 19.2. The zero-order valence-corrected chi connectivity index (χ0v) is 13.5. The standard InChI is InChI=1S/C17H15F3N4O2/c1-3-22-15(21-2)11-23-12-8-9-24(16(25)10-12)13-4-6-14(7-5-13)26-17(18,19)20/h3-10,23H,1-2,11H2. The largest absolute Gasteiger partial charge is 0.573 e. The van der Waals surface area contributed by atoms with Crippen LogP contribution in [0.4, 0.5) is 18.9 Å². The number of hydrogen-bond donors (Lipinski definition) is 1. The lowest BCUT2D eigenvalue weighted by Crippen LogP contribution is -2.19. The molecule has 9 heteroatoms. The summed E-state index contributed by atoms with van der Waals surface area (Å²) in [5.41, 5.74) is 0.565. The van der Waals surface area contributed by atoms with Crippen molar-refractivity contribution in [2.45, 2.75) is 6.36 Å². The van der Waals surface area contributed by atoms with Crippen LogP contribution in [0.2, 0.25) is 0 Å². The van der Waals surface area contributed by atoms with Crippen LogP contribution in [0.3, 0.4) is 0 Å².